The molecule has 2 aromatic rings. The third-order valence-corrected chi connectivity index (χ3v) is 3.95. The average Bonchev–Trinajstić information content (AvgIpc) is 2.64. The minimum absolute atomic E-state index is 0.123. The number of methoxy groups -OCH3 is 1. The molecule has 0 radical (unpaired) electrons. The molecule has 0 fully saturated rings. The molecule has 0 unspecified atom stereocenters. The highest BCUT2D eigenvalue weighted by Gasteiger charge is 2.21. The predicted molar refractivity (Wildman–Crippen MR) is 99.7 cm³/mol. The van der Waals surface area contributed by atoms with Crippen LogP contribution in [0.5, 0.6) is 11.5 Å². The minimum Gasteiger partial charge on any atom is -0.492 e. The summed E-state index contributed by atoms with van der Waals surface area (Å²) in [6.07, 6.45) is 3.13. The van der Waals surface area contributed by atoms with E-state index >= 15 is 0 Å². The highest BCUT2D eigenvalue weighted by molar-refractivity contribution is 5.85. The van der Waals surface area contributed by atoms with E-state index in [9.17, 15) is 4.39 Å². The van der Waals surface area contributed by atoms with E-state index in [2.05, 4.69) is 0 Å². The third kappa shape index (κ3) is 4.22. The molecule has 0 spiro atoms. The van der Waals surface area contributed by atoms with Crippen LogP contribution in [0.1, 0.15) is 30.9 Å². The number of benzene rings is 2. The number of aliphatic hydroxyl groups excluding tert-OH is 1. The molecule has 0 aliphatic rings. The van der Waals surface area contributed by atoms with Crippen molar-refractivity contribution in [1.29, 1.82) is 5.26 Å². The van der Waals surface area contributed by atoms with Crippen molar-refractivity contribution >= 4 is 6.08 Å². The van der Waals surface area contributed by atoms with Crippen LogP contribution in [0.3, 0.4) is 0 Å². The second kappa shape index (κ2) is 9.02. The Morgan fingerprint density at radius 3 is 2.50 bits per heavy atom. The summed E-state index contributed by atoms with van der Waals surface area (Å²) in [5, 5.41) is 18.1. The summed E-state index contributed by atoms with van der Waals surface area (Å²) in [5.74, 6) is 0.791. The van der Waals surface area contributed by atoms with Gasteiger partial charge >= 0.3 is 0 Å². The number of hydrogen-bond acceptors (Lipinski definition) is 4. The molecular weight excluding hydrogens is 333 g/mol. The Morgan fingerprint density at radius 2 is 1.96 bits per heavy atom. The minimum atomic E-state index is -0.335. The first kappa shape index (κ1) is 19.5. The van der Waals surface area contributed by atoms with Crippen molar-refractivity contribution < 1.29 is 19.0 Å². The third-order valence-electron chi connectivity index (χ3n) is 3.95. The SMILES string of the molecule is COc1c(OCCO)cc(C(C)C)c(C=CC#N)c1-c1ccc(F)cc1. The predicted octanol–water partition coefficient (Wildman–Crippen LogP) is 4.53. The molecule has 0 saturated heterocycles. The van der Waals surface area contributed by atoms with Gasteiger partial charge in [-0.25, -0.2) is 4.39 Å². The zero-order chi connectivity index (χ0) is 19.1. The lowest BCUT2D eigenvalue weighted by Crippen LogP contribution is -2.06. The second-order valence-corrected chi connectivity index (χ2v) is 5.98. The summed E-state index contributed by atoms with van der Waals surface area (Å²) in [4.78, 5) is 0. The molecule has 26 heavy (non-hydrogen) atoms. The van der Waals surface area contributed by atoms with Crippen LogP contribution in [0, 0.1) is 17.1 Å². The van der Waals surface area contributed by atoms with E-state index in [0.29, 0.717) is 11.5 Å². The zero-order valence-electron chi connectivity index (χ0n) is 15.1. The van der Waals surface area contributed by atoms with Crippen molar-refractivity contribution in [2.75, 3.05) is 20.3 Å². The number of nitrogens with zero attached hydrogens (tertiary/aromatic N) is 1. The van der Waals surface area contributed by atoms with Gasteiger partial charge in [0.1, 0.15) is 12.4 Å². The van der Waals surface area contributed by atoms with Crippen LogP contribution in [0.2, 0.25) is 0 Å². The highest BCUT2D eigenvalue weighted by atomic mass is 19.1. The van der Waals surface area contributed by atoms with Crippen LogP contribution >= 0.6 is 0 Å². The average molecular weight is 355 g/mol. The molecule has 0 aliphatic heterocycles. The maximum absolute atomic E-state index is 13.4. The number of rotatable bonds is 7. The van der Waals surface area contributed by atoms with E-state index in [-0.39, 0.29) is 24.9 Å². The molecule has 0 aliphatic carbocycles. The summed E-state index contributed by atoms with van der Waals surface area (Å²) in [6, 6.07) is 9.96. The van der Waals surface area contributed by atoms with E-state index in [1.54, 1.807) is 18.2 Å². The summed E-state index contributed by atoms with van der Waals surface area (Å²) in [6.45, 7) is 4.08. The van der Waals surface area contributed by atoms with Crippen LogP contribution in [0.25, 0.3) is 17.2 Å². The largest absolute Gasteiger partial charge is 0.492 e. The second-order valence-electron chi connectivity index (χ2n) is 5.98. The summed E-state index contributed by atoms with van der Waals surface area (Å²) < 4.78 is 24.7. The van der Waals surface area contributed by atoms with Gasteiger partial charge in [0.2, 0.25) is 0 Å². The molecule has 0 amide bonds. The number of nitriles is 1. The fraction of sp³-hybridized carbons (Fsp3) is 0.286. The van der Waals surface area contributed by atoms with E-state index < -0.39 is 0 Å². The number of hydrogen-bond donors (Lipinski definition) is 1. The standard InChI is InChI=1S/C21H22FNO3/c1-14(2)18-13-19(26-12-11-24)21(25-3)20(17(18)5-4-10-23)15-6-8-16(22)9-7-15/h4-9,13-14,24H,11-12H2,1-3H3. The van der Waals surface area contributed by atoms with E-state index in [1.807, 2.05) is 26.0 Å². The lowest BCUT2D eigenvalue weighted by Gasteiger charge is -2.22. The van der Waals surface area contributed by atoms with Gasteiger partial charge in [-0.1, -0.05) is 26.0 Å². The monoisotopic (exact) mass is 355 g/mol. The Morgan fingerprint density at radius 1 is 1.27 bits per heavy atom. The van der Waals surface area contributed by atoms with Gasteiger partial charge in [0.25, 0.3) is 0 Å². The van der Waals surface area contributed by atoms with E-state index in [4.69, 9.17) is 19.8 Å². The number of ether oxygens (including phenoxy) is 2. The Labute approximate surface area is 153 Å². The van der Waals surface area contributed by atoms with E-state index in [0.717, 1.165) is 22.3 Å². The summed E-state index contributed by atoms with van der Waals surface area (Å²) >= 11 is 0. The molecule has 5 heteroatoms. The lowest BCUT2D eigenvalue weighted by atomic mass is 9.88. The first-order valence-electron chi connectivity index (χ1n) is 8.34. The van der Waals surface area contributed by atoms with Crippen LogP contribution in [-0.2, 0) is 0 Å². The Balaban J connectivity index is 2.84. The fourth-order valence-electron chi connectivity index (χ4n) is 2.82. The normalized spacial score (nSPS) is 11.0. The first-order chi connectivity index (χ1) is 12.5. The molecule has 0 atom stereocenters. The highest BCUT2D eigenvalue weighted by Crippen LogP contribution is 2.45. The number of halogens is 1. The van der Waals surface area contributed by atoms with Gasteiger partial charge in [-0.2, -0.15) is 5.26 Å². The maximum atomic E-state index is 13.4. The van der Waals surface area contributed by atoms with Crippen LogP contribution < -0.4 is 9.47 Å². The smallest absolute Gasteiger partial charge is 0.169 e. The molecule has 136 valence electrons. The topological polar surface area (TPSA) is 62.5 Å². The van der Waals surface area contributed by atoms with Gasteiger partial charge in [0.05, 0.1) is 19.8 Å². The van der Waals surface area contributed by atoms with Crippen molar-refractivity contribution in [3.8, 4) is 28.7 Å². The number of allylic oxidation sites excluding steroid dienone is 1. The molecule has 0 bridgehead atoms. The Kier molecular flexibility index (Phi) is 6.76. The van der Waals surface area contributed by atoms with Gasteiger partial charge in [-0.05, 0) is 46.9 Å². The van der Waals surface area contributed by atoms with Gasteiger partial charge in [0, 0.05) is 11.6 Å². The molecule has 0 heterocycles. The Hall–Kier alpha value is -2.84. The van der Waals surface area contributed by atoms with Crippen LogP contribution in [0.4, 0.5) is 4.39 Å². The molecule has 2 rings (SSSR count). The van der Waals surface area contributed by atoms with Gasteiger partial charge in [-0.15, -0.1) is 0 Å². The molecule has 2 aromatic carbocycles. The molecular formula is C21H22FNO3. The van der Waals surface area contributed by atoms with Crippen LogP contribution in [-0.4, -0.2) is 25.4 Å². The maximum Gasteiger partial charge on any atom is 0.169 e. The lowest BCUT2D eigenvalue weighted by molar-refractivity contribution is 0.196. The fourth-order valence-corrected chi connectivity index (χ4v) is 2.82. The summed E-state index contributed by atoms with van der Waals surface area (Å²) in [7, 11) is 1.53. The van der Waals surface area contributed by atoms with Gasteiger partial charge in [0.15, 0.2) is 11.5 Å². The number of aliphatic hydroxyl groups is 1. The van der Waals surface area contributed by atoms with Crippen molar-refractivity contribution in [2.45, 2.75) is 19.8 Å². The molecule has 0 saturated carbocycles. The summed E-state index contributed by atoms with van der Waals surface area (Å²) in [5.41, 5.74) is 3.25. The van der Waals surface area contributed by atoms with Crippen molar-refractivity contribution in [1.82, 2.24) is 0 Å². The van der Waals surface area contributed by atoms with Gasteiger partial charge in [-0.3, -0.25) is 0 Å². The van der Waals surface area contributed by atoms with Crippen LogP contribution in [0.15, 0.2) is 36.4 Å². The molecule has 4 nitrogen and oxygen atoms in total. The quantitative estimate of drug-likeness (QED) is 0.741. The molecule has 1 N–H and O–H groups in total. The van der Waals surface area contributed by atoms with Crippen molar-refractivity contribution in [3.63, 3.8) is 0 Å². The van der Waals surface area contributed by atoms with E-state index in [1.165, 1.54) is 25.3 Å². The van der Waals surface area contributed by atoms with Crippen molar-refractivity contribution in [3.05, 3.63) is 53.4 Å². The van der Waals surface area contributed by atoms with Gasteiger partial charge < -0.3 is 14.6 Å². The Bertz CT molecular complexity index is 821. The zero-order valence-corrected chi connectivity index (χ0v) is 15.1. The van der Waals surface area contributed by atoms with Crippen molar-refractivity contribution in [2.24, 2.45) is 0 Å². The first-order valence-corrected chi connectivity index (χ1v) is 8.34. The molecule has 0 aromatic heterocycles.